The van der Waals surface area contributed by atoms with Crippen LogP contribution in [0.1, 0.15) is 26.3 Å². The van der Waals surface area contributed by atoms with Gasteiger partial charge in [0.25, 0.3) is 0 Å². The van der Waals surface area contributed by atoms with Gasteiger partial charge >= 0.3 is 0 Å². The van der Waals surface area contributed by atoms with Gasteiger partial charge in [-0.2, -0.15) is 0 Å². The molecule has 0 aliphatic heterocycles. The van der Waals surface area contributed by atoms with Crippen LogP contribution in [0.5, 0.6) is 5.75 Å². The SMILES string of the molecule is COc1c(Br)cncc1CO[Si](C)(C)C(C)(C)C. The van der Waals surface area contributed by atoms with Crippen molar-refractivity contribution in [3.05, 3.63) is 22.4 Å². The first kappa shape index (κ1) is 15.7. The molecule has 0 atom stereocenters. The van der Waals surface area contributed by atoms with Crippen LogP contribution in [0.25, 0.3) is 0 Å². The molecule has 0 aromatic carbocycles. The highest BCUT2D eigenvalue weighted by Gasteiger charge is 2.37. The number of halogens is 1. The van der Waals surface area contributed by atoms with E-state index < -0.39 is 8.32 Å². The lowest BCUT2D eigenvalue weighted by Crippen LogP contribution is -2.40. The van der Waals surface area contributed by atoms with Gasteiger partial charge in [-0.15, -0.1) is 0 Å². The molecular formula is C13H22BrNO2Si. The van der Waals surface area contributed by atoms with E-state index in [1.807, 2.05) is 0 Å². The van der Waals surface area contributed by atoms with Gasteiger partial charge in [0, 0.05) is 18.0 Å². The van der Waals surface area contributed by atoms with E-state index in [1.165, 1.54) is 0 Å². The molecule has 0 aliphatic rings. The molecule has 0 aliphatic carbocycles. The van der Waals surface area contributed by atoms with Gasteiger partial charge in [0.15, 0.2) is 8.32 Å². The lowest BCUT2D eigenvalue weighted by molar-refractivity contribution is 0.269. The fraction of sp³-hybridized carbons (Fsp3) is 0.615. The molecule has 3 nitrogen and oxygen atoms in total. The minimum Gasteiger partial charge on any atom is -0.495 e. The van der Waals surface area contributed by atoms with Crippen molar-refractivity contribution in [3.63, 3.8) is 0 Å². The van der Waals surface area contributed by atoms with E-state index in [2.05, 4.69) is 54.8 Å². The van der Waals surface area contributed by atoms with Crippen molar-refractivity contribution in [2.75, 3.05) is 7.11 Å². The van der Waals surface area contributed by atoms with E-state index in [1.54, 1.807) is 19.5 Å². The van der Waals surface area contributed by atoms with Gasteiger partial charge in [0.2, 0.25) is 0 Å². The zero-order valence-corrected chi connectivity index (χ0v) is 14.6. The molecule has 102 valence electrons. The lowest BCUT2D eigenvalue weighted by Gasteiger charge is -2.36. The highest BCUT2D eigenvalue weighted by Crippen LogP contribution is 2.38. The normalized spacial score (nSPS) is 12.6. The summed E-state index contributed by atoms with van der Waals surface area (Å²) in [6, 6.07) is 0. The van der Waals surface area contributed by atoms with Crippen molar-refractivity contribution in [2.24, 2.45) is 0 Å². The molecule has 0 amide bonds. The maximum Gasteiger partial charge on any atom is 0.192 e. The zero-order chi connectivity index (χ0) is 14.0. The van der Waals surface area contributed by atoms with Gasteiger partial charge in [-0.05, 0) is 34.1 Å². The summed E-state index contributed by atoms with van der Waals surface area (Å²) in [6.07, 6.45) is 3.53. The number of nitrogens with zero attached hydrogens (tertiary/aromatic N) is 1. The number of pyridine rings is 1. The molecular weight excluding hydrogens is 310 g/mol. The predicted octanol–water partition coefficient (Wildman–Crippen LogP) is 4.37. The average molecular weight is 332 g/mol. The molecule has 1 aromatic heterocycles. The van der Waals surface area contributed by atoms with Crippen LogP contribution >= 0.6 is 15.9 Å². The molecule has 1 heterocycles. The second-order valence-electron chi connectivity index (χ2n) is 5.86. The Labute approximate surface area is 119 Å². The predicted molar refractivity (Wildman–Crippen MR) is 80.5 cm³/mol. The monoisotopic (exact) mass is 331 g/mol. The van der Waals surface area contributed by atoms with Crippen molar-refractivity contribution in [1.29, 1.82) is 0 Å². The zero-order valence-electron chi connectivity index (χ0n) is 12.0. The van der Waals surface area contributed by atoms with Crippen LogP contribution in [-0.4, -0.2) is 20.4 Å². The summed E-state index contributed by atoms with van der Waals surface area (Å²) in [5, 5.41) is 0.208. The number of hydrogen-bond acceptors (Lipinski definition) is 3. The van der Waals surface area contributed by atoms with Crippen LogP contribution in [0.4, 0.5) is 0 Å². The van der Waals surface area contributed by atoms with Gasteiger partial charge in [0.05, 0.1) is 18.2 Å². The lowest BCUT2D eigenvalue weighted by atomic mass is 10.2. The van der Waals surface area contributed by atoms with Crippen LogP contribution in [0.2, 0.25) is 18.1 Å². The Morgan fingerprint density at radius 3 is 2.39 bits per heavy atom. The van der Waals surface area contributed by atoms with E-state index in [0.29, 0.717) is 6.61 Å². The molecule has 5 heteroatoms. The second-order valence-corrected chi connectivity index (χ2v) is 11.5. The summed E-state index contributed by atoms with van der Waals surface area (Å²) in [5.74, 6) is 0.809. The van der Waals surface area contributed by atoms with E-state index >= 15 is 0 Å². The maximum absolute atomic E-state index is 6.18. The van der Waals surface area contributed by atoms with E-state index in [4.69, 9.17) is 9.16 Å². The van der Waals surface area contributed by atoms with Crippen LogP contribution < -0.4 is 4.74 Å². The second kappa shape index (κ2) is 5.71. The first-order valence-corrected chi connectivity index (χ1v) is 9.69. The quantitative estimate of drug-likeness (QED) is 0.767. The number of aromatic nitrogens is 1. The van der Waals surface area contributed by atoms with Gasteiger partial charge in [-0.25, -0.2) is 0 Å². The van der Waals surface area contributed by atoms with Crippen molar-refractivity contribution in [2.45, 2.75) is 45.5 Å². The molecule has 0 saturated carbocycles. The minimum atomic E-state index is -1.74. The number of hydrogen-bond donors (Lipinski definition) is 0. The Morgan fingerprint density at radius 1 is 1.28 bits per heavy atom. The smallest absolute Gasteiger partial charge is 0.192 e. The molecule has 0 radical (unpaired) electrons. The first-order chi connectivity index (χ1) is 8.19. The fourth-order valence-corrected chi connectivity index (χ4v) is 2.75. The molecule has 0 unspecified atom stereocenters. The fourth-order valence-electron chi connectivity index (χ4n) is 1.27. The summed E-state index contributed by atoms with van der Waals surface area (Å²) < 4.78 is 12.4. The van der Waals surface area contributed by atoms with Crippen LogP contribution in [0.3, 0.4) is 0 Å². The Morgan fingerprint density at radius 2 is 1.89 bits per heavy atom. The molecule has 0 spiro atoms. The van der Waals surface area contributed by atoms with E-state index in [-0.39, 0.29) is 5.04 Å². The topological polar surface area (TPSA) is 31.4 Å². The number of methoxy groups -OCH3 is 1. The van der Waals surface area contributed by atoms with Crippen molar-refractivity contribution >= 4 is 24.2 Å². The molecule has 0 saturated heterocycles. The van der Waals surface area contributed by atoms with Gasteiger partial charge in [0.1, 0.15) is 5.75 Å². The maximum atomic E-state index is 6.18. The van der Waals surface area contributed by atoms with Gasteiger partial charge in [-0.1, -0.05) is 20.8 Å². The first-order valence-electron chi connectivity index (χ1n) is 5.99. The summed E-state index contributed by atoms with van der Waals surface area (Å²) in [5.41, 5.74) is 0.983. The third kappa shape index (κ3) is 3.55. The third-order valence-corrected chi connectivity index (χ3v) is 8.57. The standard InChI is InChI=1S/C13H22BrNO2Si/c1-13(2,3)18(5,6)17-9-10-7-15-8-11(14)12(10)16-4/h7-8H,9H2,1-6H3. The van der Waals surface area contributed by atoms with Crippen molar-refractivity contribution in [3.8, 4) is 5.75 Å². The molecule has 0 fully saturated rings. The van der Waals surface area contributed by atoms with Gasteiger partial charge in [-0.3, -0.25) is 4.98 Å². The third-order valence-electron chi connectivity index (χ3n) is 3.53. The summed E-state index contributed by atoms with van der Waals surface area (Å²) in [4.78, 5) is 4.16. The molecule has 1 rings (SSSR count). The average Bonchev–Trinajstić information content (AvgIpc) is 2.25. The molecule has 0 N–H and O–H groups in total. The van der Waals surface area contributed by atoms with Crippen LogP contribution in [0, 0.1) is 0 Å². The van der Waals surface area contributed by atoms with E-state index in [0.717, 1.165) is 15.8 Å². The van der Waals surface area contributed by atoms with Crippen molar-refractivity contribution < 1.29 is 9.16 Å². The summed E-state index contributed by atoms with van der Waals surface area (Å²) in [6.45, 7) is 11.7. The summed E-state index contributed by atoms with van der Waals surface area (Å²) in [7, 11) is -0.0768. The van der Waals surface area contributed by atoms with Crippen LogP contribution in [-0.2, 0) is 11.0 Å². The Bertz CT molecular complexity index is 416. The van der Waals surface area contributed by atoms with Gasteiger partial charge < -0.3 is 9.16 Å². The molecule has 18 heavy (non-hydrogen) atoms. The number of rotatable bonds is 4. The van der Waals surface area contributed by atoms with Crippen molar-refractivity contribution in [1.82, 2.24) is 4.98 Å². The highest BCUT2D eigenvalue weighted by atomic mass is 79.9. The Kier molecular flexibility index (Phi) is 4.97. The number of ether oxygens (including phenoxy) is 1. The largest absolute Gasteiger partial charge is 0.495 e. The van der Waals surface area contributed by atoms with Crippen LogP contribution in [0.15, 0.2) is 16.9 Å². The Hall–Kier alpha value is -0.393. The van der Waals surface area contributed by atoms with E-state index in [9.17, 15) is 0 Å². The highest BCUT2D eigenvalue weighted by molar-refractivity contribution is 9.10. The minimum absolute atomic E-state index is 0.208. The Balaban J connectivity index is 2.85. The molecule has 1 aromatic rings. The molecule has 0 bridgehead atoms. The summed E-state index contributed by atoms with van der Waals surface area (Å²) >= 11 is 3.44.